The normalized spacial score (nSPS) is 11.6. The van der Waals surface area contributed by atoms with Crippen LogP contribution in [0.5, 0.6) is 11.7 Å². The zero-order valence-corrected chi connectivity index (χ0v) is 22.6. The number of aromatic carboxylic acids is 1. The number of carbonyl (C=O) groups excluding carboxylic acids is 1. The quantitative estimate of drug-likeness (QED) is 0.188. The number of carboxylic acid groups (broad SMARTS) is 1. The maximum Gasteiger partial charge on any atom is 0.412 e. The first-order valence-corrected chi connectivity index (χ1v) is 12.9. The van der Waals surface area contributed by atoms with Gasteiger partial charge in [-0.25, -0.2) is 14.6 Å². The summed E-state index contributed by atoms with van der Waals surface area (Å²) >= 11 is 0. The molecule has 5 rings (SSSR count). The van der Waals surface area contributed by atoms with Crippen molar-refractivity contribution in [3.63, 3.8) is 0 Å². The van der Waals surface area contributed by atoms with E-state index < -0.39 is 18.2 Å². The van der Waals surface area contributed by atoms with Gasteiger partial charge in [0.1, 0.15) is 23.2 Å². The van der Waals surface area contributed by atoms with E-state index in [-0.39, 0.29) is 17.5 Å². The zero-order valence-electron chi connectivity index (χ0n) is 22.6. The number of nitrogens with zero attached hydrogens (tertiary/aromatic N) is 2. The van der Waals surface area contributed by atoms with Gasteiger partial charge in [-0.2, -0.15) is 0 Å². The number of amides is 1. The van der Waals surface area contributed by atoms with E-state index in [1.54, 1.807) is 26.0 Å². The second kappa shape index (κ2) is 11.8. The summed E-state index contributed by atoms with van der Waals surface area (Å²) in [6.45, 7) is 5.35. The minimum absolute atomic E-state index is 0.156. The molecule has 0 aliphatic heterocycles. The molecule has 10 nitrogen and oxygen atoms in total. The van der Waals surface area contributed by atoms with E-state index in [0.717, 1.165) is 22.3 Å². The fraction of sp³-hybridized carbons (Fsp3) is 0.161. The highest BCUT2D eigenvalue weighted by Crippen LogP contribution is 2.34. The Labute approximate surface area is 235 Å². The zero-order chi connectivity index (χ0) is 28.9. The highest BCUT2D eigenvalue weighted by Gasteiger charge is 2.22. The fourth-order valence-electron chi connectivity index (χ4n) is 4.14. The van der Waals surface area contributed by atoms with Gasteiger partial charge in [-0.15, -0.1) is 0 Å². The van der Waals surface area contributed by atoms with Crippen LogP contribution in [-0.4, -0.2) is 27.3 Å². The lowest BCUT2D eigenvalue weighted by atomic mass is 10.0. The number of aromatic nitrogens is 2. The van der Waals surface area contributed by atoms with Crippen molar-refractivity contribution in [1.29, 1.82) is 0 Å². The van der Waals surface area contributed by atoms with Crippen LogP contribution in [0, 0.1) is 6.92 Å². The third kappa shape index (κ3) is 6.11. The lowest BCUT2D eigenvalue weighted by Crippen LogP contribution is -2.16. The predicted molar refractivity (Wildman–Crippen MR) is 150 cm³/mol. The molecule has 0 aliphatic carbocycles. The highest BCUT2D eigenvalue weighted by molar-refractivity contribution is 5.91. The molecule has 0 spiro atoms. The van der Waals surface area contributed by atoms with Gasteiger partial charge in [-0.1, -0.05) is 78.8 Å². The molecule has 0 unspecified atom stereocenters. The molecule has 2 aromatic heterocycles. The minimum atomic E-state index is -1.22. The fourth-order valence-corrected chi connectivity index (χ4v) is 4.14. The van der Waals surface area contributed by atoms with E-state index in [1.807, 2.05) is 73.7 Å². The Bertz CT molecular complexity index is 1660. The first kappa shape index (κ1) is 27.2. The van der Waals surface area contributed by atoms with Crippen LogP contribution in [0.4, 0.5) is 10.5 Å². The van der Waals surface area contributed by atoms with E-state index in [2.05, 4.69) is 15.5 Å². The third-order valence-electron chi connectivity index (χ3n) is 6.33. The molecule has 0 aliphatic rings. The lowest BCUT2D eigenvalue weighted by molar-refractivity contribution is 0.0686. The number of oxazole rings is 1. The van der Waals surface area contributed by atoms with Gasteiger partial charge in [-0.3, -0.25) is 5.32 Å². The average molecular weight is 554 g/mol. The monoisotopic (exact) mass is 553 g/mol. The molecule has 0 saturated heterocycles. The van der Waals surface area contributed by atoms with Crippen LogP contribution in [0.15, 0.2) is 87.8 Å². The Balaban J connectivity index is 1.28. The Morgan fingerprint density at radius 1 is 0.951 bits per heavy atom. The van der Waals surface area contributed by atoms with Gasteiger partial charge in [0.2, 0.25) is 5.69 Å². The van der Waals surface area contributed by atoms with Crippen molar-refractivity contribution in [3.8, 4) is 34.1 Å². The van der Waals surface area contributed by atoms with Crippen molar-refractivity contribution in [3.05, 3.63) is 102 Å². The SMILES string of the molecule is CCc1nc(C(=O)O)c(Oc2ccc(-c3ccc(-c4onc(C)c4NC(=O)O[C@H](C)c4ccccc4)cc3)cc2)o1. The standard InChI is InChI=1S/C31H27N3O7/c1-4-25-32-27(29(35)36)30(40-25)39-24-16-14-22(15-17-24)21-10-12-23(13-11-21)28-26(18(2)34-41-28)33-31(37)38-19(3)20-8-6-5-7-9-20/h5-17,19H,4H2,1-3H3,(H,33,37)(H,35,36)/t19-/m1/s1. The summed E-state index contributed by atoms with van der Waals surface area (Å²) in [5.74, 6) is -0.272. The largest absolute Gasteiger partial charge is 0.476 e. The summed E-state index contributed by atoms with van der Waals surface area (Å²) in [5.41, 5.74) is 4.11. The van der Waals surface area contributed by atoms with Crippen molar-refractivity contribution in [2.75, 3.05) is 5.32 Å². The van der Waals surface area contributed by atoms with Crippen LogP contribution in [0.3, 0.4) is 0 Å². The molecule has 0 bridgehead atoms. The van der Waals surface area contributed by atoms with E-state index in [1.165, 1.54) is 0 Å². The summed E-state index contributed by atoms with van der Waals surface area (Å²) in [5, 5.41) is 16.1. The summed E-state index contributed by atoms with van der Waals surface area (Å²) in [4.78, 5) is 28.0. The molecule has 208 valence electrons. The summed E-state index contributed by atoms with van der Waals surface area (Å²) < 4.78 is 22.1. The van der Waals surface area contributed by atoms with Gasteiger partial charge in [0.05, 0.1) is 0 Å². The maximum atomic E-state index is 12.6. The number of nitrogens with one attached hydrogen (secondary N) is 1. The molecule has 2 heterocycles. The highest BCUT2D eigenvalue weighted by atomic mass is 16.6. The van der Waals surface area contributed by atoms with Crippen LogP contribution in [0.1, 0.15) is 47.6 Å². The topological polar surface area (TPSA) is 137 Å². The lowest BCUT2D eigenvalue weighted by Gasteiger charge is -2.14. The number of carboxylic acids is 1. The smallest absolute Gasteiger partial charge is 0.412 e. The van der Waals surface area contributed by atoms with E-state index in [0.29, 0.717) is 29.3 Å². The average Bonchev–Trinajstić information content (AvgIpc) is 3.57. The first-order chi connectivity index (χ1) is 19.8. The number of aryl methyl sites for hydroxylation is 2. The first-order valence-electron chi connectivity index (χ1n) is 12.9. The maximum absolute atomic E-state index is 12.6. The number of anilines is 1. The molecule has 1 amide bonds. The molecule has 1 atom stereocenters. The van der Waals surface area contributed by atoms with Crippen LogP contribution in [0.2, 0.25) is 0 Å². The number of hydrogen-bond donors (Lipinski definition) is 2. The van der Waals surface area contributed by atoms with Crippen molar-refractivity contribution in [2.45, 2.75) is 33.3 Å². The predicted octanol–water partition coefficient (Wildman–Crippen LogP) is 7.67. The van der Waals surface area contributed by atoms with Gasteiger partial charge in [0.15, 0.2) is 11.7 Å². The number of carbonyl (C=O) groups is 2. The van der Waals surface area contributed by atoms with Gasteiger partial charge in [0.25, 0.3) is 0 Å². The molecule has 0 radical (unpaired) electrons. The van der Waals surface area contributed by atoms with Gasteiger partial charge in [0, 0.05) is 12.0 Å². The molecule has 5 aromatic rings. The Morgan fingerprint density at radius 3 is 2.22 bits per heavy atom. The van der Waals surface area contributed by atoms with Crippen LogP contribution in [-0.2, 0) is 11.2 Å². The van der Waals surface area contributed by atoms with Crippen molar-refractivity contribution < 1.29 is 33.1 Å². The number of ether oxygens (including phenoxy) is 2. The van der Waals surface area contributed by atoms with Gasteiger partial charge < -0.3 is 23.5 Å². The number of rotatable bonds is 9. The molecule has 0 fully saturated rings. The molecule has 3 aromatic carbocycles. The van der Waals surface area contributed by atoms with Crippen molar-refractivity contribution in [1.82, 2.24) is 10.1 Å². The van der Waals surface area contributed by atoms with E-state index in [9.17, 15) is 14.7 Å². The number of hydrogen-bond acceptors (Lipinski definition) is 8. The minimum Gasteiger partial charge on any atom is -0.476 e. The van der Waals surface area contributed by atoms with E-state index in [4.69, 9.17) is 18.4 Å². The van der Waals surface area contributed by atoms with Gasteiger partial charge >= 0.3 is 18.0 Å². The summed E-state index contributed by atoms with van der Waals surface area (Å²) in [6, 6.07) is 24.1. The molecular weight excluding hydrogens is 526 g/mol. The number of benzene rings is 3. The Morgan fingerprint density at radius 2 is 1.59 bits per heavy atom. The molecular formula is C31H27N3O7. The summed E-state index contributed by atoms with van der Waals surface area (Å²) in [6.07, 6.45) is -0.597. The van der Waals surface area contributed by atoms with Crippen molar-refractivity contribution in [2.24, 2.45) is 0 Å². The van der Waals surface area contributed by atoms with Crippen LogP contribution in [0.25, 0.3) is 22.5 Å². The second-order valence-corrected chi connectivity index (χ2v) is 9.16. The molecule has 10 heteroatoms. The third-order valence-corrected chi connectivity index (χ3v) is 6.33. The Hall–Kier alpha value is -5.38. The summed E-state index contributed by atoms with van der Waals surface area (Å²) in [7, 11) is 0. The van der Waals surface area contributed by atoms with E-state index >= 15 is 0 Å². The Kier molecular flexibility index (Phi) is 7.82. The van der Waals surface area contributed by atoms with Gasteiger partial charge in [-0.05, 0) is 42.7 Å². The second-order valence-electron chi connectivity index (χ2n) is 9.16. The van der Waals surface area contributed by atoms with Crippen molar-refractivity contribution >= 4 is 17.7 Å². The molecule has 2 N–H and O–H groups in total. The molecule has 0 saturated carbocycles. The van der Waals surface area contributed by atoms with Crippen LogP contribution < -0.4 is 10.1 Å². The van der Waals surface area contributed by atoms with Crippen LogP contribution >= 0.6 is 0 Å². The molecule has 41 heavy (non-hydrogen) atoms.